The Morgan fingerprint density at radius 1 is 1.69 bits per heavy atom. The van der Waals surface area contributed by atoms with Crippen LogP contribution in [0, 0.1) is 0 Å². The van der Waals surface area contributed by atoms with Gasteiger partial charge in [-0.25, -0.2) is 0 Å². The zero-order valence-electron chi connectivity index (χ0n) is 9.69. The molecule has 0 aliphatic heterocycles. The summed E-state index contributed by atoms with van der Waals surface area (Å²) in [4.78, 5) is 11.5. The maximum atomic E-state index is 11.5. The highest BCUT2D eigenvalue weighted by Crippen LogP contribution is 1.95. The smallest absolute Gasteiger partial charge is 0.254 e. The Bertz CT molecular complexity index is 371. The third-order valence-corrected chi connectivity index (χ3v) is 1.85. The second-order valence-electron chi connectivity index (χ2n) is 3.67. The fraction of sp³-hybridized carbons (Fsp3) is 0.455. The molecule has 0 spiro atoms. The molecule has 0 atom stereocenters. The van der Waals surface area contributed by atoms with Gasteiger partial charge in [0.1, 0.15) is 0 Å². The van der Waals surface area contributed by atoms with Crippen molar-refractivity contribution in [3.05, 3.63) is 30.1 Å². The minimum atomic E-state index is -0.132. The van der Waals surface area contributed by atoms with E-state index in [9.17, 15) is 4.79 Å². The summed E-state index contributed by atoms with van der Waals surface area (Å²) in [6.07, 6.45) is 3.20. The van der Waals surface area contributed by atoms with Crippen LogP contribution in [0.5, 0.6) is 0 Å². The van der Waals surface area contributed by atoms with Crippen LogP contribution >= 0.6 is 0 Å². The number of hydrogen-bond donors (Lipinski definition) is 1. The van der Waals surface area contributed by atoms with Gasteiger partial charge in [0.05, 0.1) is 25.0 Å². The summed E-state index contributed by atoms with van der Waals surface area (Å²) in [5.41, 5.74) is 1.53. The number of carbonyl (C=O) groups excluding carboxylic acids is 1. The van der Waals surface area contributed by atoms with Gasteiger partial charge in [-0.15, -0.1) is 0 Å². The Hall–Kier alpha value is -1.62. The van der Waals surface area contributed by atoms with Crippen molar-refractivity contribution in [1.29, 1.82) is 0 Å². The lowest BCUT2D eigenvalue weighted by atomic mass is 10.3. The number of amides is 1. The van der Waals surface area contributed by atoms with Crippen LogP contribution in [0.2, 0.25) is 0 Å². The Kier molecular flexibility index (Phi) is 4.72. The van der Waals surface area contributed by atoms with Crippen LogP contribution in [-0.4, -0.2) is 35.4 Å². The first kappa shape index (κ1) is 12.4. The van der Waals surface area contributed by atoms with Crippen molar-refractivity contribution in [1.82, 2.24) is 15.1 Å². The molecule has 0 saturated heterocycles. The van der Waals surface area contributed by atoms with E-state index < -0.39 is 0 Å². The number of aryl methyl sites for hydroxylation is 1. The van der Waals surface area contributed by atoms with Crippen molar-refractivity contribution in [3.8, 4) is 0 Å². The molecule has 1 aromatic heterocycles. The molecule has 0 unspecified atom stereocenters. The summed E-state index contributed by atoms with van der Waals surface area (Å²) in [5.74, 6) is -0.132. The average Bonchev–Trinajstić information content (AvgIpc) is 2.63. The van der Waals surface area contributed by atoms with E-state index in [0.29, 0.717) is 25.3 Å². The predicted molar refractivity (Wildman–Crippen MR) is 61.2 cm³/mol. The molecular weight excluding hydrogens is 206 g/mol. The number of rotatable bonds is 6. The topological polar surface area (TPSA) is 56.1 Å². The lowest BCUT2D eigenvalue weighted by molar-refractivity contribution is 0.0926. The highest BCUT2D eigenvalue weighted by atomic mass is 16.5. The highest BCUT2D eigenvalue weighted by Gasteiger charge is 2.06. The van der Waals surface area contributed by atoms with Crippen molar-refractivity contribution in [2.45, 2.75) is 6.92 Å². The molecule has 0 aliphatic rings. The maximum Gasteiger partial charge on any atom is 0.254 e. The number of carbonyl (C=O) groups is 1. The quantitative estimate of drug-likeness (QED) is 0.571. The number of ether oxygens (including phenoxy) is 1. The largest absolute Gasteiger partial charge is 0.375 e. The van der Waals surface area contributed by atoms with Crippen molar-refractivity contribution in [3.63, 3.8) is 0 Å². The van der Waals surface area contributed by atoms with Gasteiger partial charge in [-0.05, 0) is 6.92 Å². The van der Waals surface area contributed by atoms with E-state index in [1.807, 2.05) is 6.92 Å². The van der Waals surface area contributed by atoms with Crippen LogP contribution in [0.1, 0.15) is 17.3 Å². The Balaban J connectivity index is 2.18. The van der Waals surface area contributed by atoms with E-state index in [1.165, 1.54) is 6.20 Å². The number of nitrogens with zero attached hydrogens (tertiary/aromatic N) is 2. The van der Waals surface area contributed by atoms with Gasteiger partial charge in [0, 0.05) is 19.8 Å². The Labute approximate surface area is 95.1 Å². The molecule has 1 aromatic rings. The molecule has 1 rings (SSSR count). The van der Waals surface area contributed by atoms with E-state index in [2.05, 4.69) is 17.0 Å². The predicted octanol–water partition coefficient (Wildman–Crippen LogP) is 0.743. The summed E-state index contributed by atoms with van der Waals surface area (Å²) < 4.78 is 6.84. The fourth-order valence-corrected chi connectivity index (χ4v) is 1.12. The lowest BCUT2D eigenvalue weighted by Crippen LogP contribution is -2.27. The van der Waals surface area contributed by atoms with Crippen LogP contribution < -0.4 is 5.32 Å². The van der Waals surface area contributed by atoms with Gasteiger partial charge < -0.3 is 10.1 Å². The molecule has 0 saturated carbocycles. The van der Waals surface area contributed by atoms with Gasteiger partial charge in [-0.3, -0.25) is 9.48 Å². The zero-order valence-corrected chi connectivity index (χ0v) is 9.69. The van der Waals surface area contributed by atoms with Crippen LogP contribution in [0.4, 0.5) is 0 Å². The Morgan fingerprint density at radius 3 is 3.00 bits per heavy atom. The molecule has 0 aromatic carbocycles. The van der Waals surface area contributed by atoms with Crippen molar-refractivity contribution < 1.29 is 9.53 Å². The molecule has 1 N–H and O–H groups in total. The fourth-order valence-electron chi connectivity index (χ4n) is 1.12. The van der Waals surface area contributed by atoms with Gasteiger partial charge in [0.15, 0.2) is 0 Å². The summed E-state index contributed by atoms with van der Waals surface area (Å²) >= 11 is 0. The number of nitrogens with one attached hydrogen (secondary N) is 1. The molecule has 0 aliphatic carbocycles. The highest BCUT2D eigenvalue weighted by molar-refractivity contribution is 5.93. The van der Waals surface area contributed by atoms with Crippen LogP contribution in [-0.2, 0) is 11.8 Å². The molecule has 0 radical (unpaired) electrons. The molecule has 1 amide bonds. The minimum Gasteiger partial charge on any atom is -0.375 e. The maximum absolute atomic E-state index is 11.5. The second kappa shape index (κ2) is 6.07. The van der Waals surface area contributed by atoms with Crippen molar-refractivity contribution in [2.24, 2.45) is 7.05 Å². The third-order valence-electron chi connectivity index (χ3n) is 1.85. The molecule has 88 valence electrons. The minimum absolute atomic E-state index is 0.132. The first-order valence-electron chi connectivity index (χ1n) is 5.08. The number of aromatic nitrogens is 2. The van der Waals surface area contributed by atoms with E-state index in [1.54, 1.807) is 17.9 Å². The van der Waals surface area contributed by atoms with Gasteiger partial charge in [-0.1, -0.05) is 12.2 Å². The van der Waals surface area contributed by atoms with Gasteiger partial charge in [0.25, 0.3) is 5.91 Å². The van der Waals surface area contributed by atoms with E-state index >= 15 is 0 Å². The summed E-state index contributed by atoms with van der Waals surface area (Å²) in [7, 11) is 1.77. The van der Waals surface area contributed by atoms with Crippen molar-refractivity contribution >= 4 is 5.91 Å². The molecule has 5 heteroatoms. The van der Waals surface area contributed by atoms with Gasteiger partial charge >= 0.3 is 0 Å². The zero-order chi connectivity index (χ0) is 12.0. The number of hydrogen-bond acceptors (Lipinski definition) is 3. The third kappa shape index (κ3) is 4.27. The molecule has 0 bridgehead atoms. The van der Waals surface area contributed by atoms with Gasteiger partial charge in [-0.2, -0.15) is 5.10 Å². The van der Waals surface area contributed by atoms with E-state index in [-0.39, 0.29) is 5.91 Å². The monoisotopic (exact) mass is 223 g/mol. The summed E-state index contributed by atoms with van der Waals surface area (Å²) in [6.45, 7) is 7.11. The standard InChI is InChI=1S/C11H17N3O2/c1-9(2)8-16-5-4-12-11(15)10-6-13-14(3)7-10/h6-7H,1,4-5,8H2,2-3H3,(H,12,15). The summed E-state index contributed by atoms with van der Waals surface area (Å²) in [5, 5.41) is 6.66. The first-order chi connectivity index (χ1) is 7.59. The molecular formula is C11H17N3O2. The molecule has 0 fully saturated rings. The van der Waals surface area contributed by atoms with Crippen LogP contribution in [0.25, 0.3) is 0 Å². The normalized spacial score (nSPS) is 10.1. The van der Waals surface area contributed by atoms with Crippen LogP contribution in [0.3, 0.4) is 0 Å². The molecule has 1 heterocycles. The van der Waals surface area contributed by atoms with E-state index in [4.69, 9.17) is 4.74 Å². The van der Waals surface area contributed by atoms with E-state index in [0.717, 1.165) is 5.57 Å². The molecule has 5 nitrogen and oxygen atoms in total. The molecule has 16 heavy (non-hydrogen) atoms. The lowest BCUT2D eigenvalue weighted by Gasteiger charge is -2.04. The second-order valence-corrected chi connectivity index (χ2v) is 3.67. The van der Waals surface area contributed by atoms with Crippen LogP contribution in [0.15, 0.2) is 24.5 Å². The first-order valence-corrected chi connectivity index (χ1v) is 5.08. The summed E-state index contributed by atoms with van der Waals surface area (Å²) in [6, 6.07) is 0. The Morgan fingerprint density at radius 2 is 2.44 bits per heavy atom. The van der Waals surface area contributed by atoms with Gasteiger partial charge in [0.2, 0.25) is 0 Å². The SMILES string of the molecule is C=C(C)COCCNC(=O)c1cnn(C)c1. The average molecular weight is 223 g/mol. The van der Waals surface area contributed by atoms with Crippen molar-refractivity contribution in [2.75, 3.05) is 19.8 Å².